The summed E-state index contributed by atoms with van der Waals surface area (Å²) in [7, 11) is 0. The molecule has 0 radical (unpaired) electrons. The lowest BCUT2D eigenvalue weighted by atomic mass is 10.0. The summed E-state index contributed by atoms with van der Waals surface area (Å²) < 4.78 is 0. The second-order valence-corrected chi connectivity index (χ2v) is 4.82. The number of nitrogens with one attached hydrogen (secondary N) is 1. The van der Waals surface area contributed by atoms with Crippen molar-refractivity contribution in [3.8, 4) is 0 Å². The first-order valence-electron chi connectivity index (χ1n) is 5.32. The molecule has 2 aromatic rings. The molecule has 0 aliphatic rings. The lowest BCUT2D eigenvalue weighted by molar-refractivity contribution is 0.632. The third-order valence-corrected chi connectivity index (χ3v) is 3.44. The fourth-order valence-corrected chi connectivity index (χ4v) is 2.54. The number of benzene rings is 1. The zero-order valence-corrected chi connectivity index (χ0v) is 10.7. The molecule has 1 aromatic heterocycles. The van der Waals surface area contributed by atoms with Crippen molar-refractivity contribution >= 4 is 22.9 Å². The van der Waals surface area contributed by atoms with Gasteiger partial charge in [-0.1, -0.05) is 30.7 Å². The summed E-state index contributed by atoms with van der Waals surface area (Å²) in [4.78, 5) is 0. The van der Waals surface area contributed by atoms with Gasteiger partial charge < -0.3 is 5.32 Å². The number of thiophene rings is 1. The summed E-state index contributed by atoms with van der Waals surface area (Å²) in [6.07, 6.45) is 0. The summed E-state index contributed by atoms with van der Waals surface area (Å²) in [6, 6.07) is 10.5. The predicted octanol–water partition coefficient (Wildman–Crippen LogP) is 4.10. The van der Waals surface area contributed by atoms with E-state index in [1.54, 1.807) is 11.3 Å². The fraction of sp³-hybridized carbons (Fsp3) is 0.231. The van der Waals surface area contributed by atoms with E-state index in [1.165, 1.54) is 11.1 Å². The van der Waals surface area contributed by atoms with Crippen LogP contribution in [0.1, 0.15) is 24.1 Å². The third kappa shape index (κ3) is 2.64. The van der Waals surface area contributed by atoms with Crippen molar-refractivity contribution < 1.29 is 0 Å². The van der Waals surface area contributed by atoms with Gasteiger partial charge in [0.2, 0.25) is 0 Å². The third-order valence-electron chi connectivity index (χ3n) is 2.49. The molecule has 1 nitrogen and oxygen atoms in total. The maximum Gasteiger partial charge on any atom is 0.0584 e. The molecular formula is C13H14ClNS. The molecule has 1 atom stereocenters. The quantitative estimate of drug-likeness (QED) is 0.863. The van der Waals surface area contributed by atoms with Crippen LogP contribution in [0.2, 0.25) is 5.02 Å². The van der Waals surface area contributed by atoms with Gasteiger partial charge in [-0.2, -0.15) is 11.3 Å². The standard InChI is InChI=1S/C13H14ClNS/c1-2-15-13(11-7-8-16-9-11)10-3-5-12(14)6-4-10/h3-9,13,15H,2H2,1H3. The van der Waals surface area contributed by atoms with Gasteiger partial charge in [-0.15, -0.1) is 0 Å². The lowest BCUT2D eigenvalue weighted by Gasteiger charge is -2.17. The number of rotatable bonds is 4. The van der Waals surface area contributed by atoms with E-state index < -0.39 is 0 Å². The van der Waals surface area contributed by atoms with Crippen molar-refractivity contribution in [3.63, 3.8) is 0 Å². The van der Waals surface area contributed by atoms with E-state index in [0.29, 0.717) is 0 Å². The van der Waals surface area contributed by atoms with Crippen molar-refractivity contribution in [2.75, 3.05) is 6.54 Å². The Hall–Kier alpha value is -0.830. The Balaban J connectivity index is 2.29. The molecular weight excluding hydrogens is 238 g/mol. The highest BCUT2D eigenvalue weighted by molar-refractivity contribution is 7.08. The molecule has 84 valence electrons. The van der Waals surface area contributed by atoms with Gasteiger partial charge >= 0.3 is 0 Å². The highest BCUT2D eigenvalue weighted by Gasteiger charge is 2.12. The van der Waals surface area contributed by atoms with Gasteiger partial charge in [-0.25, -0.2) is 0 Å². The van der Waals surface area contributed by atoms with Crippen molar-refractivity contribution in [2.24, 2.45) is 0 Å². The Kier molecular flexibility index (Phi) is 3.99. The van der Waals surface area contributed by atoms with Crippen LogP contribution in [-0.2, 0) is 0 Å². The molecule has 3 heteroatoms. The second-order valence-electron chi connectivity index (χ2n) is 3.60. The molecule has 1 aromatic carbocycles. The fourth-order valence-electron chi connectivity index (χ4n) is 1.73. The van der Waals surface area contributed by atoms with Crippen LogP contribution in [0.3, 0.4) is 0 Å². The molecule has 16 heavy (non-hydrogen) atoms. The van der Waals surface area contributed by atoms with E-state index in [9.17, 15) is 0 Å². The lowest BCUT2D eigenvalue weighted by Crippen LogP contribution is -2.21. The molecule has 1 unspecified atom stereocenters. The predicted molar refractivity (Wildman–Crippen MR) is 71.3 cm³/mol. The zero-order valence-electron chi connectivity index (χ0n) is 9.11. The molecule has 0 saturated heterocycles. The van der Waals surface area contributed by atoms with Crippen LogP contribution in [0, 0.1) is 0 Å². The molecule has 0 fully saturated rings. The minimum absolute atomic E-state index is 0.272. The Morgan fingerprint density at radius 2 is 1.94 bits per heavy atom. The number of hydrogen-bond donors (Lipinski definition) is 1. The van der Waals surface area contributed by atoms with Crippen molar-refractivity contribution in [3.05, 3.63) is 57.2 Å². The van der Waals surface area contributed by atoms with Crippen molar-refractivity contribution in [2.45, 2.75) is 13.0 Å². The summed E-state index contributed by atoms with van der Waals surface area (Å²) >= 11 is 7.63. The van der Waals surface area contributed by atoms with Gasteiger partial charge in [0.15, 0.2) is 0 Å². The number of halogens is 1. The van der Waals surface area contributed by atoms with Gasteiger partial charge in [-0.05, 0) is 46.6 Å². The van der Waals surface area contributed by atoms with Gasteiger partial charge in [0.1, 0.15) is 0 Å². The van der Waals surface area contributed by atoms with E-state index in [1.807, 2.05) is 12.1 Å². The first kappa shape index (κ1) is 11.6. The van der Waals surface area contributed by atoms with Crippen LogP contribution in [0.5, 0.6) is 0 Å². The van der Waals surface area contributed by atoms with Crippen LogP contribution >= 0.6 is 22.9 Å². The van der Waals surface area contributed by atoms with Crippen LogP contribution < -0.4 is 5.32 Å². The minimum atomic E-state index is 0.272. The normalized spacial score (nSPS) is 12.6. The summed E-state index contributed by atoms with van der Waals surface area (Å²) in [5.41, 5.74) is 2.57. The first-order chi connectivity index (χ1) is 7.81. The molecule has 1 N–H and O–H groups in total. The van der Waals surface area contributed by atoms with Crippen LogP contribution in [-0.4, -0.2) is 6.54 Å². The Labute approximate surface area is 105 Å². The van der Waals surface area contributed by atoms with Gasteiger partial charge in [-0.3, -0.25) is 0 Å². The molecule has 0 aliphatic carbocycles. The van der Waals surface area contributed by atoms with Crippen LogP contribution in [0.4, 0.5) is 0 Å². The molecule has 1 heterocycles. The van der Waals surface area contributed by atoms with Crippen molar-refractivity contribution in [1.82, 2.24) is 5.32 Å². The molecule has 0 amide bonds. The van der Waals surface area contributed by atoms with E-state index in [2.05, 4.69) is 41.2 Å². The first-order valence-corrected chi connectivity index (χ1v) is 6.64. The maximum absolute atomic E-state index is 5.90. The molecule has 0 spiro atoms. The van der Waals surface area contributed by atoms with Gasteiger partial charge in [0, 0.05) is 5.02 Å². The van der Waals surface area contributed by atoms with Crippen LogP contribution in [0.25, 0.3) is 0 Å². The smallest absolute Gasteiger partial charge is 0.0584 e. The zero-order chi connectivity index (χ0) is 11.4. The van der Waals surface area contributed by atoms with E-state index in [0.717, 1.165) is 11.6 Å². The minimum Gasteiger partial charge on any atom is -0.307 e. The molecule has 0 aliphatic heterocycles. The summed E-state index contributed by atoms with van der Waals surface area (Å²) in [5, 5.41) is 8.56. The van der Waals surface area contributed by atoms with Gasteiger partial charge in [0.25, 0.3) is 0 Å². The maximum atomic E-state index is 5.90. The second kappa shape index (κ2) is 5.48. The average molecular weight is 252 g/mol. The van der Waals surface area contributed by atoms with E-state index in [-0.39, 0.29) is 6.04 Å². The summed E-state index contributed by atoms with van der Waals surface area (Å²) in [6.45, 7) is 3.07. The summed E-state index contributed by atoms with van der Waals surface area (Å²) in [5.74, 6) is 0. The number of hydrogen-bond acceptors (Lipinski definition) is 2. The monoisotopic (exact) mass is 251 g/mol. The molecule has 0 bridgehead atoms. The molecule has 2 rings (SSSR count). The average Bonchev–Trinajstić information content (AvgIpc) is 2.81. The molecule has 0 saturated carbocycles. The van der Waals surface area contributed by atoms with E-state index in [4.69, 9.17) is 11.6 Å². The Morgan fingerprint density at radius 1 is 1.19 bits per heavy atom. The Bertz CT molecular complexity index is 422. The highest BCUT2D eigenvalue weighted by Crippen LogP contribution is 2.25. The SMILES string of the molecule is CCNC(c1ccc(Cl)cc1)c1ccsc1. The van der Waals surface area contributed by atoms with Gasteiger partial charge in [0.05, 0.1) is 6.04 Å². The van der Waals surface area contributed by atoms with E-state index >= 15 is 0 Å². The highest BCUT2D eigenvalue weighted by atomic mass is 35.5. The van der Waals surface area contributed by atoms with Crippen LogP contribution in [0.15, 0.2) is 41.1 Å². The topological polar surface area (TPSA) is 12.0 Å². The van der Waals surface area contributed by atoms with Crippen molar-refractivity contribution in [1.29, 1.82) is 0 Å². The Morgan fingerprint density at radius 3 is 2.50 bits per heavy atom. The largest absolute Gasteiger partial charge is 0.307 e.